The lowest BCUT2D eigenvalue weighted by Crippen LogP contribution is -2.13. The maximum Gasteiger partial charge on any atom is 0.316 e. The molecule has 0 saturated heterocycles. The lowest BCUT2D eigenvalue weighted by molar-refractivity contribution is -0.384. The number of aromatic nitrogens is 2. The predicted molar refractivity (Wildman–Crippen MR) is 74.6 cm³/mol. The van der Waals surface area contributed by atoms with Gasteiger partial charge in [-0.15, -0.1) is 0 Å². The van der Waals surface area contributed by atoms with Crippen LogP contribution in [0.25, 0.3) is 0 Å². The minimum Gasteiger partial charge on any atom is -0.467 e. The second-order valence-electron chi connectivity index (χ2n) is 3.83. The van der Waals surface area contributed by atoms with Gasteiger partial charge in [-0.05, 0) is 6.07 Å². The largest absolute Gasteiger partial charge is 0.467 e. The average Bonchev–Trinajstić information content (AvgIpc) is 2.47. The van der Waals surface area contributed by atoms with Gasteiger partial charge < -0.3 is 10.1 Å². The summed E-state index contributed by atoms with van der Waals surface area (Å²) in [5.41, 5.74) is 0.262. The van der Waals surface area contributed by atoms with Gasteiger partial charge in [0, 0.05) is 12.1 Å². The van der Waals surface area contributed by atoms with Crippen LogP contribution in [0.3, 0.4) is 0 Å². The lowest BCUT2D eigenvalue weighted by atomic mass is 10.2. The highest BCUT2D eigenvalue weighted by Gasteiger charge is 2.15. The molecule has 21 heavy (non-hydrogen) atoms. The van der Waals surface area contributed by atoms with Crippen molar-refractivity contribution in [2.45, 2.75) is 0 Å². The number of ether oxygens (including phenoxy) is 1. The number of non-ortho nitro benzene ring substituents is 1. The first kappa shape index (κ1) is 14.7. The molecule has 0 aliphatic rings. The Balaban J connectivity index is 2.17. The number of amides is 1. The highest BCUT2D eigenvalue weighted by Crippen LogP contribution is 2.23. The Kier molecular flexibility index (Phi) is 4.29. The Morgan fingerprint density at radius 3 is 2.57 bits per heavy atom. The monoisotopic (exact) mass is 308 g/mol. The Hall–Kier alpha value is -2.74. The molecule has 0 aliphatic heterocycles. The van der Waals surface area contributed by atoms with Crippen molar-refractivity contribution in [3.63, 3.8) is 0 Å². The van der Waals surface area contributed by atoms with Crippen molar-refractivity contribution in [1.29, 1.82) is 0 Å². The number of hydrogen-bond acceptors (Lipinski definition) is 6. The summed E-state index contributed by atoms with van der Waals surface area (Å²) in [6.07, 6.45) is 2.73. The Labute approximate surface area is 123 Å². The van der Waals surface area contributed by atoms with Gasteiger partial charge in [-0.3, -0.25) is 14.9 Å². The van der Waals surface area contributed by atoms with E-state index in [1.165, 1.54) is 31.6 Å². The molecular formula is C12H9ClN4O4. The second kappa shape index (κ2) is 6.14. The van der Waals surface area contributed by atoms with Crippen LogP contribution in [0.4, 0.5) is 11.4 Å². The van der Waals surface area contributed by atoms with E-state index in [-0.39, 0.29) is 22.3 Å². The van der Waals surface area contributed by atoms with Gasteiger partial charge in [-0.2, -0.15) is 0 Å². The van der Waals surface area contributed by atoms with E-state index in [0.717, 1.165) is 6.07 Å². The maximum absolute atomic E-state index is 12.0. The molecule has 0 unspecified atom stereocenters. The van der Waals surface area contributed by atoms with E-state index >= 15 is 0 Å². The molecule has 0 atom stereocenters. The zero-order valence-corrected chi connectivity index (χ0v) is 11.5. The molecule has 108 valence electrons. The second-order valence-corrected chi connectivity index (χ2v) is 4.24. The zero-order valence-electron chi connectivity index (χ0n) is 10.7. The first-order chi connectivity index (χ1) is 10.0. The summed E-state index contributed by atoms with van der Waals surface area (Å²) in [7, 11) is 1.42. The van der Waals surface area contributed by atoms with Gasteiger partial charge in [0.15, 0.2) is 0 Å². The standard InChI is InChI=1S/C12H9ClN4O4/c1-21-12-14-5-7(6-15-12)16-11(18)9-3-2-8(17(19)20)4-10(9)13/h2-6H,1H3,(H,16,18). The summed E-state index contributed by atoms with van der Waals surface area (Å²) in [5, 5.41) is 13.1. The van der Waals surface area contributed by atoms with E-state index in [4.69, 9.17) is 16.3 Å². The maximum atomic E-state index is 12.0. The smallest absolute Gasteiger partial charge is 0.316 e. The Bertz CT molecular complexity index is 690. The van der Waals surface area contributed by atoms with Crippen LogP contribution >= 0.6 is 11.6 Å². The van der Waals surface area contributed by atoms with Crippen molar-refractivity contribution < 1.29 is 14.5 Å². The van der Waals surface area contributed by atoms with Crippen molar-refractivity contribution in [3.05, 3.63) is 51.3 Å². The first-order valence-electron chi connectivity index (χ1n) is 5.62. The van der Waals surface area contributed by atoms with Gasteiger partial charge in [0.1, 0.15) is 0 Å². The van der Waals surface area contributed by atoms with Crippen molar-refractivity contribution >= 4 is 28.9 Å². The zero-order chi connectivity index (χ0) is 15.4. The minimum atomic E-state index is -0.592. The third kappa shape index (κ3) is 3.42. The molecule has 0 radical (unpaired) electrons. The number of nitro groups is 1. The van der Waals surface area contributed by atoms with Gasteiger partial charge in [0.2, 0.25) is 0 Å². The molecule has 8 nitrogen and oxygen atoms in total. The number of halogens is 1. The van der Waals surface area contributed by atoms with Crippen molar-refractivity contribution in [1.82, 2.24) is 9.97 Å². The fraction of sp³-hybridized carbons (Fsp3) is 0.0833. The third-order valence-electron chi connectivity index (χ3n) is 2.48. The van der Waals surface area contributed by atoms with E-state index in [2.05, 4.69) is 15.3 Å². The van der Waals surface area contributed by atoms with Crippen LogP contribution in [0, 0.1) is 10.1 Å². The molecule has 1 heterocycles. The predicted octanol–water partition coefficient (Wildman–Crippen LogP) is 2.30. The molecule has 1 aromatic carbocycles. The van der Waals surface area contributed by atoms with E-state index in [9.17, 15) is 14.9 Å². The number of benzene rings is 1. The molecule has 0 saturated carbocycles. The molecule has 0 fully saturated rings. The van der Waals surface area contributed by atoms with Crippen molar-refractivity contribution in [3.8, 4) is 6.01 Å². The SMILES string of the molecule is COc1ncc(NC(=O)c2ccc([N+](=O)[O-])cc2Cl)cn1. The number of nitro benzene ring substituents is 1. The fourth-order valence-corrected chi connectivity index (χ4v) is 1.75. The average molecular weight is 309 g/mol. The van der Waals surface area contributed by atoms with Crippen LogP contribution < -0.4 is 10.1 Å². The van der Waals surface area contributed by atoms with Gasteiger partial charge in [-0.1, -0.05) is 11.6 Å². The molecule has 0 aliphatic carbocycles. The number of methoxy groups -OCH3 is 1. The highest BCUT2D eigenvalue weighted by atomic mass is 35.5. The summed E-state index contributed by atoms with van der Waals surface area (Å²) in [6, 6.07) is 3.76. The normalized spacial score (nSPS) is 10.0. The molecule has 1 aromatic heterocycles. The van der Waals surface area contributed by atoms with E-state index < -0.39 is 10.8 Å². The van der Waals surface area contributed by atoms with Crippen LogP contribution in [0.2, 0.25) is 5.02 Å². The summed E-state index contributed by atoms with van der Waals surface area (Å²) >= 11 is 5.87. The number of carbonyl (C=O) groups excluding carboxylic acids is 1. The van der Waals surface area contributed by atoms with E-state index in [0.29, 0.717) is 5.69 Å². The molecule has 0 spiro atoms. The number of hydrogen-bond donors (Lipinski definition) is 1. The number of anilines is 1. The minimum absolute atomic E-state index is 0.0175. The van der Waals surface area contributed by atoms with Crippen LogP contribution in [0.5, 0.6) is 6.01 Å². The van der Waals surface area contributed by atoms with Gasteiger partial charge in [-0.25, -0.2) is 9.97 Å². The summed E-state index contributed by atoms with van der Waals surface area (Å²) in [6.45, 7) is 0. The summed E-state index contributed by atoms with van der Waals surface area (Å²) in [4.78, 5) is 29.7. The molecule has 9 heteroatoms. The highest BCUT2D eigenvalue weighted by molar-refractivity contribution is 6.34. The number of nitrogens with zero attached hydrogens (tertiary/aromatic N) is 3. The van der Waals surface area contributed by atoms with Crippen molar-refractivity contribution in [2.24, 2.45) is 0 Å². The molecule has 1 N–H and O–H groups in total. The molecule has 0 bridgehead atoms. The van der Waals surface area contributed by atoms with Crippen molar-refractivity contribution in [2.75, 3.05) is 12.4 Å². The van der Waals surface area contributed by atoms with Crippen LogP contribution in [0.15, 0.2) is 30.6 Å². The third-order valence-corrected chi connectivity index (χ3v) is 2.79. The fourth-order valence-electron chi connectivity index (χ4n) is 1.49. The lowest BCUT2D eigenvalue weighted by Gasteiger charge is -2.06. The summed E-state index contributed by atoms with van der Waals surface area (Å²) < 4.78 is 4.79. The number of nitrogens with one attached hydrogen (secondary N) is 1. The number of carbonyl (C=O) groups is 1. The van der Waals surface area contributed by atoms with Crippen LogP contribution in [0.1, 0.15) is 10.4 Å². The topological polar surface area (TPSA) is 107 Å². The van der Waals surface area contributed by atoms with Gasteiger partial charge in [0.25, 0.3) is 11.6 Å². The van der Waals surface area contributed by atoms with Gasteiger partial charge >= 0.3 is 6.01 Å². The van der Waals surface area contributed by atoms with Crippen LogP contribution in [-0.4, -0.2) is 27.9 Å². The Morgan fingerprint density at radius 2 is 2.05 bits per heavy atom. The Morgan fingerprint density at radius 1 is 1.38 bits per heavy atom. The van der Waals surface area contributed by atoms with E-state index in [1.807, 2.05) is 0 Å². The van der Waals surface area contributed by atoms with Gasteiger partial charge in [0.05, 0.1) is 40.7 Å². The first-order valence-corrected chi connectivity index (χ1v) is 6.00. The summed E-state index contributed by atoms with van der Waals surface area (Å²) in [5.74, 6) is -0.524. The molecule has 2 rings (SSSR count). The molecule has 1 amide bonds. The molecule has 2 aromatic rings. The number of rotatable bonds is 4. The van der Waals surface area contributed by atoms with Crippen LogP contribution in [-0.2, 0) is 0 Å². The molecular weight excluding hydrogens is 300 g/mol. The van der Waals surface area contributed by atoms with E-state index in [1.54, 1.807) is 0 Å². The quantitative estimate of drug-likeness (QED) is 0.686.